The summed E-state index contributed by atoms with van der Waals surface area (Å²) >= 11 is 0. The number of carboxylic acid groups (broad SMARTS) is 1. The van der Waals surface area contributed by atoms with Gasteiger partial charge in [0.1, 0.15) is 6.04 Å². The van der Waals surface area contributed by atoms with Gasteiger partial charge in [0.25, 0.3) is 0 Å². The van der Waals surface area contributed by atoms with Gasteiger partial charge in [0.05, 0.1) is 19.6 Å². The molecule has 1 unspecified atom stereocenters. The number of nitrogens with one attached hydrogen (secondary N) is 1. The molecule has 0 aliphatic rings. The SMILES string of the molecule is CCCC(N)C(=O)N[C@@H](CC(=O)OC)C(=O)O. The fraction of sp³-hybridized carbons (Fsp3) is 0.700. The highest BCUT2D eigenvalue weighted by molar-refractivity contribution is 5.89. The van der Waals surface area contributed by atoms with Crippen LogP contribution in [0.3, 0.4) is 0 Å². The van der Waals surface area contributed by atoms with Gasteiger partial charge in [-0.15, -0.1) is 0 Å². The van der Waals surface area contributed by atoms with Gasteiger partial charge in [0, 0.05) is 0 Å². The van der Waals surface area contributed by atoms with Crippen LogP contribution in [0.4, 0.5) is 0 Å². The maximum absolute atomic E-state index is 11.5. The first kappa shape index (κ1) is 15.4. The van der Waals surface area contributed by atoms with E-state index in [-0.39, 0.29) is 0 Å². The Bertz CT molecular complexity index is 292. The summed E-state index contributed by atoms with van der Waals surface area (Å²) in [5, 5.41) is 11.0. The van der Waals surface area contributed by atoms with Gasteiger partial charge in [-0.05, 0) is 6.42 Å². The first-order valence-corrected chi connectivity index (χ1v) is 5.27. The maximum atomic E-state index is 11.5. The molecule has 2 atom stereocenters. The van der Waals surface area contributed by atoms with Crippen LogP contribution in [-0.2, 0) is 19.1 Å². The van der Waals surface area contributed by atoms with Crippen molar-refractivity contribution in [3.8, 4) is 0 Å². The Balaban J connectivity index is 4.39. The minimum atomic E-state index is -1.31. The van der Waals surface area contributed by atoms with Crippen LogP contribution in [0.2, 0.25) is 0 Å². The fourth-order valence-electron chi connectivity index (χ4n) is 1.17. The quantitative estimate of drug-likeness (QED) is 0.508. The zero-order chi connectivity index (χ0) is 13.4. The van der Waals surface area contributed by atoms with Crippen LogP contribution in [0.5, 0.6) is 0 Å². The maximum Gasteiger partial charge on any atom is 0.326 e. The number of carboxylic acids is 1. The predicted molar refractivity (Wildman–Crippen MR) is 59.1 cm³/mol. The number of aliphatic carboxylic acids is 1. The molecule has 0 aromatic heterocycles. The number of nitrogens with two attached hydrogens (primary N) is 1. The zero-order valence-electron chi connectivity index (χ0n) is 9.93. The first-order valence-electron chi connectivity index (χ1n) is 5.27. The number of methoxy groups -OCH3 is 1. The average Bonchev–Trinajstić information content (AvgIpc) is 2.27. The fourth-order valence-corrected chi connectivity index (χ4v) is 1.17. The molecule has 0 heterocycles. The Labute approximate surface area is 99.3 Å². The van der Waals surface area contributed by atoms with E-state index in [1.807, 2.05) is 6.92 Å². The van der Waals surface area contributed by atoms with Crippen LogP contribution in [0.1, 0.15) is 26.2 Å². The number of rotatable bonds is 7. The van der Waals surface area contributed by atoms with Gasteiger partial charge < -0.3 is 20.9 Å². The van der Waals surface area contributed by atoms with Gasteiger partial charge in [-0.25, -0.2) is 4.79 Å². The van der Waals surface area contributed by atoms with Gasteiger partial charge in [-0.2, -0.15) is 0 Å². The minimum absolute atomic E-state index is 0.420. The van der Waals surface area contributed by atoms with Crippen molar-refractivity contribution in [2.45, 2.75) is 38.3 Å². The largest absolute Gasteiger partial charge is 0.480 e. The van der Waals surface area contributed by atoms with Gasteiger partial charge in [-0.3, -0.25) is 9.59 Å². The molecule has 0 aliphatic carbocycles. The number of hydrogen-bond acceptors (Lipinski definition) is 5. The highest BCUT2D eigenvalue weighted by atomic mass is 16.5. The smallest absolute Gasteiger partial charge is 0.326 e. The van der Waals surface area contributed by atoms with Crippen LogP contribution in [0.15, 0.2) is 0 Å². The molecule has 0 aliphatic heterocycles. The number of amides is 1. The Morgan fingerprint density at radius 2 is 2.00 bits per heavy atom. The number of carbonyl (C=O) groups is 3. The van der Waals surface area contributed by atoms with Crippen molar-refractivity contribution in [2.75, 3.05) is 7.11 Å². The lowest BCUT2D eigenvalue weighted by molar-refractivity contribution is -0.148. The standard InChI is InChI=1S/C10H18N2O5/c1-3-4-6(11)9(14)12-7(10(15)16)5-8(13)17-2/h6-7H,3-5,11H2,1-2H3,(H,12,14)(H,15,16)/t6?,7-/m0/s1. The Hall–Kier alpha value is -1.63. The van der Waals surface area contributed by atoms with E-state index in [0.29, 0.717) is 12.8 Å². The lowest BCUT2D eigenvalue weighted by Crippen LogP contribution is -2.49. The highest BCUT2D eigenvalue weighted by Crippen LogP contribution is 1.98. The summed E-state index contributed by atoms with van der Waals surface area (Å²) < 4.78 is 4.34. The number of ether oxygens (including phenoxy) is 1. The molecule has 0 aromatic carbocycles. The molecule has 7 heteroatoms. The second-order valence-electron chi connectivity index (χ2n) is 3.57. The van der Waals surface area contributed by atoms with Crippen molar-refractivity contribution in [1.82, 2.24) is 5.32 Å². The molecule has 0 spiro atoms. The monoisotopic (exact) mass is 246 g/mol. The van der Waals surface area contributed by atoms with Gasteiger partial charge >= 0.3 is 11.9 Å². The van der Waals surface area contributed by atoms with E-state index >= 15 is 0 Å². The van der Waals surface area contributed by atoms with Crippen molar-refractivity contribution in [2.24, 2.45) is 5.73 Å². The van der Waals surface area contributed by atoms with E-state index in [1.54, 1.807) is 0 Å². The lowest BCUT2D eigenvalue weighted by atomic mass is 10.1. The summed E-state index contributed by atoms with van der Waals surface area (Å²) in [7, 11) is 1.14. The van der Waals surface area contributed by atoms with Crippen molar-refractivity contribution in [3.63, 3.8) is 0 Å². The molecular weight excluding hydrogens is 228 g/mol. The van der Waals surface area contributed by atoms with Gasteiger partial charge in [0.2, 0.25) is 5.91 Å². The molecule has 0 bridgehead atoms. The molecule has 7 nitrogen and oxygen atoms in total. The summed E-state index contributed by atoms with van der Waals surface area (Å²) in [5.41, 5.74) is 5.52. The summed E-state index contributed by atoms with van der Waals surface area (Å²) in [4.78, 5) is 33.2. The van der Waals surface area contributed by atoms with E-state index in [0.717, 1.165) is 7.11 Å². The number of hydrogen-bond donors (Lipinski definition) is 3. The van der Waals surface area contributed by atoms with E-state index in [4.69, 9.17) is 10.8 Å². The van der Waals surface area contributed by atoms with Crippen LogP contribution < -0.4 is 11.1 Å². The second-order valence-corrected chi connectivity index (χ2v) is 3.57. The molecule has 1 amide bonds. The summed E-state index contributed by atoms with van der Waals surface area (Å²) in [6.07, 6.45) is 0.746. The molecular formula is C10H18N2O5. The Kier molecular flexibility index (Phi) is 6.88. The van der Waals surface area contributed by atoms with Crippen LogP contribution in [0, 0.1) is 0 Å². The van der Waals surface area contributed by atoms with Gasteiger partial charge in [0.15, 0.2) is 0 Å². The lowest BCUT2D eigenvalue weighted by Gasteiger charge is -2.16. The molecule has 4 N–H and O–H groups in total. The summed E-state index contributed by atoms with van der Waals surface area (Å²) in [5.74, 6) is -2.59. The molecule has 0 fully saturated rings. The van der Waals surface area contributed by atoms with Crippen molar-refractivity contribution >= 4 is 17.8 Å². The molecule has 0 saturated carbocycles. The Morgan fingerprint density at radius 3 is 2.41 bits per heavy atom. The number of carbonyl (C=O) groups excluding carboxylic acids is 2. The molecule has 98 valence electrons. The van der Waals surface area contributed by atoms with Crippen LogP contribution in [0.25, 0.3) is 0 Å². The minimum Gasteiger partial charge on any atom is -0.480 e. The van der Waals surface area contributed by atoms with Crippen molar-refractivity contribution in [1.29, 1.82) is 0 Å². The van der Waals surface area contributed by atoms with Crippen LogP contribution >= 0.6 is 0 Å². The molecule has 0 radical (unpaired) electrons. The highest BCUT2D eigenvalue weighted by Gasteiger charge is 2.25. The van der Waals surface area contributed by atoms with Crippen molar-refractivity contribution < 1.29 is 24.2 Å². The molecule has 0 aromatic rings. The third-order valence-electron chi connectivity index (χ3n) is 2.15. The predicted octanol–water partition coefficient (Wildman–Crippen LogP) is -0.754. The van der Waals surface area contributed by atoms with Crippen molar-refractivity contribution in [3.05, 3.63) is 0 Å². The van der Waals surface area contributed by atoms with Crippen LogP contribution in [-0.4, -0.2) is 42.1 Å². The second kappa shape index (κ2) is 7.61. The first-order chi connectivity index (χ1) is 7.92. The van der Waals surface area contributed by atoms with E-state index in [9.17, 15) is 14.4 Å². The Morgan fingerprint density at radius 1 is 1.41 bits per heavy atom. The van der Waals surface area contributed by atoms with Gasteiger partial charge in [-0.1, -0.05) is 13.3 Å². The average molecular weight is 246 g/mol. The van der Waals surface area contributed by atoms with E-state index < -0.39 is 36.4 Å². The van der Waals surface area contributed by atoms with E-state index in [1.165, 1.54) is 0 Å². The third-order valence-corrected chi connectivity index (χ3v) is 2.15. The summed E-state index contributed by atoms with van der Waals surface area (Å²) in [6.45, 7) is 1.86. The summed E-state index contributed by atoms with van der Waals surface area (Å²) in [6, 6.07) is -2.07. The zero-order valence-corrected chi connectivity index (χ0v) is 9.93. The third kappa shape index (κ3) is 5.86. The molecule has 0 rings (SSSR count). The normalized spacial score (nSPS) is 13.6. The molecule has 17 heavy (non-hydrogen) atoms. The van der Waals surface area contributed by atoms with E-state index in [2.05, 4.69) is 10.1 Å². The number of esters is 1. The molecule has 0 saturated heterocycles. The topological polar surface area (TPSA) is 119 Å².